The lowest BCUT2D eigenvalue weighted by Crippen LogP contribution is -2.34. The second kappa shape index (κ2) is 10.5. The number of rotatable bonds is 8. The van der Waals surface area contributed by atoms with Crippen molar-refractivity contribution in [2.75, 3.05) is 6.61 Å². The summed E-state index contributed by atoms with van der Waals surface area (Å²) in [5, 5.41) is 13.6. The van der Waals surface area contributed by atoms with Crippen LogP contribution in [0.5, 0.6) is 0 Å². The minimum atomic E-state index is -0.512. The molecule has 0 saturated heterocycles. The zero-order valence-corrected chi connectivity index (χ0v) is 19.5. The lowest BCUT2D eigenvalue weighted by molar-refractivity contribution is -0.120. The van der Waals surface area contributed by atoms with Crippen LogP contribution in [0.4, 0.5) is 0 Å². The first-order valence-corrected chi connectivity index (χ1v) is 11.5. The summed E-state index contributed by atoms with van der Waals surface area (Å²) in [6.07, 6.45) is 0.417. The molecule has 0 aliphatic rings. The minimum absolute atomic E-state index is 0.0429. The average molecular weight is 480 g/mol. The van der Waals surface area contributed by atoms with E-state index in [1.807, 2.05) is 13.0 Å². The molecule has 1 aromatic heterocycles. The first-order chi connectivity index (χ1) is 14.8. The van der Waals surface area contributed by atoms with Gasteiger partial charge in [-0.25, -0.2) is 4.98 Å². The Bertz CT molecular complexity index is 1150. The lowest BCUT2D eigenvalue weighted by Gasteiger charge is -2.20. The van der Waals surface area contributed by atoms with Gasteiger partial charge in [-0.15, -0.1) is 0 Å². The van der Waals surface area contributed by atoms with E-state index < -0.39 is 5.25 Å². The number of para-hydroxylation sites is 1. The van der Waals surface area contributed by atoms with E-state index in [0.717, 1.165) is 5.56 Å². The number of aliphatic hydroxyl groups is 1. The summed E-state index contributed by atoms with van der Waals surface area (Å²) in [5.41, 5.74) is 1.15. The van der Waals surface area contributed by atoms with Crippen molar-refractivity contribution < 1.29 is 9.90 Å². The molecule has 2 N–H and O–H groups in total. The van der Waals surface area contributed by atoms with E-state index in [2.05, 4.69) is 10.3 Å². The van der Waals surface area contributed by atoms with E-state index in [1.54, 1.807) is 43.3 Å². The summed E-state index contributed by atoms with van der Waals surface area (Å²) in [6.45, 7) is 3.88. The Hall–Kier alpha value is -2.06. The van der Waals surface area contributed by atoms with E-state index in [9.17, 15) is 14.7 Å². The normalized spacial score (nSPS) is 13.2. The van der Waals surface area contributed by atoms with E-state index in [1.165, 1.54) is 16.3 Å². The van der Waals surface area contributed by atoms with Gasteiger partial charge in [-0.05, 0) is 50.1 Å². The Balaban J connectivity index is 1.82. The first-order valence-electron chi connectivity index (χ1n) is 9.84. The largest absolute Gasteiger partial charge is 0.396 e. The predicted octanol–water partition coefficient (Wildman–Crippen LogP) is 4.44. The summed E-state index contributed by atoms with van der Waals surface area (Å²) in [6, 6.07) is 11.9. The van der Waals surface area contributed by atoms with Gasteiger partial charge in [0.25, 0.3) is 5.56 Å². The molecule has 1 amide bonds. The third-order valence-corrected chi connectivity index (χ3v) is 6.46. The average Bonchev–Trinajstić information content (AvgIpc) is 2.73. The molecule has 9 heteroatoms. The maximum atomic E-state index is 12.9. The molecule has 3 rings (SSSR count). The van der Waals surface area contributed by atoms with Gasteiger partial charge in [-0.3, -0.25) is 14.2 Å². The zero-order chi connectivity index (χ0) is 22.5. The Kier molecular flexibility index (Phi) is 8.00. The van der Waals surface area contributed by atoms with Crippen LogP contribution in [0, 0.1) is 0 Å². The van der Waals surface area contributed by atoms with Crippen LogP contribution < -0.4 is 10.9 Å². The topological polar surface area (TPSA) is 84.2 Å². The maximum Gasteiger partial charge on any atom is 0.262 e. The fraction of sp³-hybridized carbons (Fsp3) is 0.318. The maximum absolute atomic E-state index is 12.9. The number of nitrogens with one attached hydrogen (secondary N) is 1. The van der Waals surface area contributed by atoms with E-state index in [0.29, 0.717) is 39.1 Å². The second-order valence-corrected chi connectivity index (χ2v) is 9.25. The molecule has 0 bridgehead atoms. The van der Waals surface area contributed by atoms with Crippen molar-refractivity contribution in [3.8, 4) is 0 Å². The first kappa shape index (κ1) is 23.6. The van der Waals surface area contributed by atoms with Gasteiger partial charge in [-0.2, -0.15) is 0 Å². The third-order valence-electron chi connectivity index (χ3n) is 4.81. The molecular weight excluding hydrogens is 457 g/mol. The summed E-state index contributed by atoms with van der Waals surface area (Å²) in [4.78, 5) is 30.4. The third kappa shape index (κ3) is 5.60. The van der Waals surface area contributed by atoms with Gasteiger partial charge in [0.15, 0.2) is 5.16 Å². The molecule has 164 valence electrons. The Labute approximate surface area is 194 Å². The smallest absolute Gasteiger partial charge is 0.262 e. The van der Waals surface area contributed by atoms with Crippen LogP contribution in [0.2, 0.25) is 10.0 Å². The van der Waals surface area contributed by atoms with Crippen molar-refractivity contribution in [3.05, 3.63) is 68.4 Å². The molecule has 0 saturated carbocycles. The summed E-state index contributed by atoms with van der Waals surface area (Å²) in [5.74, 6) is -0.209. The zero-order valence-electron chi connectivity index (χ0n) is 17.1. The van der Waals surface area contributed by atoms with Crippen LogP contribution in [0.3, 0.4) is 0 Å². The number of thioether (sulfide) groups is 1. The van der Waals surface area contributed by atoms with E-state index >= 15 is 0 Å². The predicted molar refractivity (Wildman–Crippen MR) is 126 cm³/mol. The molecule has 0 aliphatic heterocycles. The highest BCUT2D eigenvalue weighted by molar-refractivity contribution is 8.00. The van der Waals surface area contributed by atoms with E-state index in [-0.39, 0.29) is 24.1 Å². The Morgan fingerprint density at radius 3 is 2.68 bits per heavy atom. The summed E-state index contributed by atoms with van der Waals surface area (Å²) in [7, 11) is 0. The molecule has 2 atom stereocenters. The molecule has 0 aliphatic carbocycles. The highest BCUT2D eigenvalue weighted by Crippen LogP contribution is 2.27. The number of carbonyl (C=O) groups is 1. The van der Waals surface area contributed by atoms with Crippen LogP contribution >= 0.6 is 35.0 Å². The number of halogens is 2. The van der Waals surface area contributed by atoms with Gasteiger partial charge >= 0.3 is 0 Å². The van der Waals surface area contributed by atoms with Crippen LogP contribution in [0.15, 0.2) is 52.4 Å². The minimum Gasteiger partial charge on any atom is -0.396 e. The quantitative estimate of drug-likeness (QED) is 0.368. The number of hydrogen-bond donors (Lipinski definition) is 2. The molecule has 2 aromatic carbocycles. The van der Waals surface area contributed by atoms with Gasteiger partial charge in [0.05, 0.1) is 22.2 Å². The monoisotopic (exact) mass is 479 g/mol. The molecule has 0 radical (unpaired) electrons. The summed E-state index contributed by atoms with van der Waals surface area (Å²) >= 11 is 13.4. The molecule has 1 heterocycles. The fourth-order valence-corrected chi connectivity index (χ4v) is 4.65. The highest BCUT2D eigenvalue weighted by Gasteiger charge is 2.22. The second-order valence-electron chi connectivity index (χ2n) is 7.10. The van der Waals surface area contributed by atoms with Crippen LogP contribution in [-0.4, -0.2) is 32.4 Å². The van der Waals surface area contributed by atoms with Crippen molar-refractivity contribution >= 4 is 51.8 Å². The number of amides is 1. The molecular formula is C22H23Cl2N3O3S. The SMILES string of the molecule is CC(Sc1nc2ccccc2c(=O)n1CCCO)C(=O)NC(C)c1ccc(Cl)cc1Cl. The Morgan fingerprint density at radius 1 is 1.23 bits per heavy atom. The molecule has 0 fully saturated rings. The molecule has 2 unspecified atom stereocenters. The number of carbonyl (C=O) groups excluding carboxylic acids is 1. The van der Waals surface area contributed by atoms with Crippen molar-refractivity contribution in [3.63, 3.8) is 0 Å². The van der Waals surface area contributed by atoms with Gasteiger partial charge in [0.1, 0.15) is 0 Å². The molecule has 6 nitrogen and oxygen atoms in total. The van der Waals surface area contributed by atoms with Crippen molar-refractivity contribution in [2.24, 2.45) is 0 Å². The van der Waals surface area contributed by atoms with Crippen LogP contribution in [0.1, 0.15) is 31.9 Å². The standard InChI is InChI=1S/C22H23Cl2N3O3S/c1-13(16-9-8-15(23)12-18(16)24)25-20(29)14(2)31-22-26-19-7-4-3-6-17(19)21(30)27(22)10-5-11-28/h3-4,6-9,12-14,28H,5,10-11H2,1-2H3,(H,25,29). The summed E-state index contributed by atoms with van der Waals surface area (Å²) < 4.78 is 1.52. The number of nitrogens with zero attached hydrogens (tertiary/aromatic N) is 2. The van der Waals surface area contributed by atoms with Gasteiger partial charge in [-0.1, -0.05) is 53.2 Å². The molecule has 3 aromatic rings. The highest BCUT2D eigenvalue weighted by atomic mass is 35.5. The van der Waals surface area contributed by atoms with E-state index in [4.69, 9.17) is 23.2 Å². The van der Waals surface area contributed by atoms with Crippen molar-refractivity contribution in [1.29, 1.82) is 0 Å². The number of fused-ring (bicyclic) bond motifs is 1. The fourth-order valence-electron chi connectivity index (χ4n) is 3.14. The van der Waals surface area contributed by atoms with Gasteiger partial charge in [0, 0.05) is 23.2 Å². The number of hydrogen-bond acceptors (Lipinski definition) is 5. The molecule has 0 spiro atoms. The van der Waals surface area contributed by atoms with Crippen molar-refractivity contribution in [2.45, 2.75) is 43.3 Å². The number of benzene rings is 2. The number of aliphatic hydroxyl groups excluding tert-OH is 1. The Morgan fingerprint density at radius 2 is 1.97 bits per heavy atom. The van der Waals surface area contributed by atoms with Crippen LogP contribution in [0.25, 0.3) is 10.9 Å². The van der Waals surface area contributed by atoms with Gasteiger partial charge < -0.3 is 10.4 Å². The lowest BCUT2D eigenvalue weighted by atomic mass is 10.1. The van der Waals surface area contributed by atoms with Crippen LogP contribution in [-0.2, 0) is 11.3 Å². The number of aromatic nitrogens is 2. The van der Waals surface area contributed by atoms with Crippen molar-refractivity contribution in [1.82, 2.24) is 14.9 Å². The molecule has 31 heavy (non-hydrogen) atoms. The van der Waals surface area contributed by atoms with Gasteiger partial charge in [0.2, 0.25) is 5.91 Å².